The Labute approximate surface area is 197 Å². The van der Waals surface area contributed by atoms with Crippen LogP contribution in [-0.4, -0.2) is 37.2 Å². The van der Waals surface area contributed by atoms with E-state index in [1.807, 2.05) is 48.7 Å². The predicted octanol–water partition coefficient (Wildman–Crippen LogP) is 2.01. The van der Waals surface area contributed by atoms with E-state index in [1.54, 1.807) is 12.4 Å². The van der Waals surface area contributed by atoms with Crippen LogP contribution in [0, 0.1) is 6.92 Å². The predicted molar refractivity (Wildman–Crippen MR) is 127 cm³/mol. The number of esters is 1. The Morgan fingerprint density at radius 2 is 1.85 bits per heavy atom. The first-order chi connectivity index (χ1) is 16.4. The molecule has 0 aliphatic rings. The first-order valence-corrected chi connectivity index (χ1v) is 11.3. The monoisotopic (exact) mass is 478 g/mol. The Hall–Kier alpha value is -4.12. The van der Waals surface area contributed by atoms with Gasteiger partial charge in [0.05, 0.1) is 25.8 Å². The van der Waals surface area contributed by atoms with Crippen LogP contribution >= 0.6 is 11.3 Å². The van der Waals surface area contributed by atoms with E-state index in [1.165, 1.54) is 23.0 Å². The first kappa shape index (κ1) is 23.1. The molecule has 0 radical (unpaired) electrons. The van der Waals surface area contributed by atoms with E-state index in [0.717, 1.165) is 21.3 Å². The number of benzene rings is 1. The third kappa shape index (κ3) is 5.26. The molecule has 0 atom stereocenters. The largest absolute Gasteiger partial charge is 0.469 e. The minimum atomic E-state index is -0.668. The summed E-state index contributed by atoms with van der Waals surface area (Å²) in [5.41, 5.74) is 2.35. The molecule has 1 aromatic carbocycles. The second kappa shape index (κ2) is 10.2. The maximum Gasteiger partial charge on any atom is 0.335 e. The van der Waals surface area contributed by atoms with Crippen molar-refractivity contribution in [1.29, 1.82) is 0 Å². The average Bonchev–Trinajstić information content (AvgIpc) is 3.31. The number of ether oxygens (including phenoxy) is 1. The van der Waals surface area contributed by atoms with Crippen molar-refractivity contribution in [2.24, 2.45) is 4.99 Å². The van der Waals surface area contributed by atoms with Crippen LogP contribution < -0.4 is 17.0 Å². The number of thiazole rings is 1. The summed E-state index contributed by atoms with van der Waals surface area (Å²) in [7, 11) is 1.25. The van der Waals surface area contributed by atoms with Crippen LogP contribution in [0.4, 0.5) is 5.13 Å². The Balaban J connectivity index is 1.80. The molecule has 3 heterocycles. The highest BCUT2D eigenvalue weighted by Gasteiger charge is 2.12. The molecule has 0 saturated heterocycles. The number of rotatable bonds is 7. The lowest BCUT2D eigenvalue weighted by atomic mass is 10.1. The van der Waals surface area contributed by atoms with Crippen molar-refractivity contribution in [2.45, 2.75) is 26.4 Å². The van der Waals surface area contributed by atoms with Gasteiger partial charge in [0.15, 0.2) is 0 Å². The number of nitrogens with one attached hydrogen (secondary N) is 1. The molecule has 0 aliphatic carbocycles. The molecule has 34 heavy (non-hydrogen) atoms. The van der Waals surface area contributed by atoms with Gasteiger partial charge in [0.2, 0.25) is 10.7 Å². The fourth-order valence-electron chi connectivity index (χ4n) is 3.22. The summed E-state index contributed by atoms with van der Waals surface area (Å²) in [5.74, 6) is -0.517. The number of methoxy groups -OCH3 is 1. The van der Waals surface area contributed by atoms with Gasteiger partial charge in [-0.15, -0.1) is 11.3 Å². The standard InChI is InChI=1S/C23H22N6O4S/c1-15-3-5-16(6-4-15)13-29-20(27-22(31)28(23(29)32)12-9-19(30)33-2)26-21-25-18(14-34-21)17-7-10-24-11-8-17/h3-8,10-11,14H,9,12-13H2,1-2H3,(H,25,26,27,31). The van der Waals surface area contributed by atoms with Gasteiger partial charge in [0.25, 0.3) is 0 Å². The van der Waals surface area contributed by atoms with Gasteiger partial charge in [-0.3, -0.25) is 19.3 Å². The lowest BCUT2D eigenvalue weighted by Crippen LogP contribution is -2.50. The van der Waals surface area contributed by atoms with Gasteiger partial charge in [-0.1, -0.05) is 29.8 Å². The van der Waals surface area contributed by atoms with Crippen molar-refractivity contribution in [2.75, 3.05) is 7.11 Å². The molecule has 4 rings (SSSR count). The van der Waals surface area contributed by atoms with Crippen LogP contribution in [0.3, 0.4) is 0 Å². The summed E-state index contributed by atoms with van der Waals surface area (Å²) in [6.07, 6.45) is 3.24. The second-order valence-corrected chi connectivity index (χ2v) is 8.29. The van der Waals surface area contributed by atoms with Gasteiger partial charge >= 0.3 is 17.3 Å². The molecular formula is C23H22N6O4S. The zero-order valence-corrected chi connectivity index (χ0v) is 19.4. The van der Waals surface area contributed by atoms with Gasteiger partial charge in [0, 0.05) is 29.9 Å². The molecule has 4 aromatic rings. The number of carbonyl (C=O) groups is 1. The van der Waals surface area contributed by atoms with Crippen molar-refractivity contribution in [3.8, 4) is 11.3 Å². The average molecular weight is 479 g/mol. The first-order valence-electron chi connectivity index (χ1n) is 10.4. The fourth-order valence-corrected chi connectivity index (χ4v) is 3.92. The molecule has 1 N–H and O–H groups in total. The topological polar surface area (TPSA) is 124 Å². The van der Waals surface area contributed by atoms with Gasteiger partial charge in [-0.05, 0) is 24.6 Å². The van der Waals surface area contributed by atoms with Gasteiger partial charge in [0.1, 0.15) is 0 Å². The van der Waals surface area contributed by atoms with E-state index in [2.05, 4.69) is 24.7 Å². The van der Waals surface area contributed by atoms with Crippen LogP contribution in [0.2, 0.25) is 0 Å². The third-order valence-electron chi connectivity index (χ3n) is 5.08. The summed E-state index contributed by atoms with van der Waals surface area (Å²) >= 11 is 1.29. The van der Waals surface area contributed by atoms with E-state index in [4.69, 9.17) is 0 Å². The minimum Gasteiger partial charge on any atom is -0.469 e. The Morgan fingerprint density at radius 1 is 1.12 bits per heavy atom. The van der Waals surface area contributed by atoms with Crippen molar-refractivity contribution in [3.05, 3.63) is 91.9 Å². The molecule has 11 heteroatoms. The van der Waals surface area contributed by atoms with Crippen LogP contribution in [0.1, 0.15) is 17.5 Å². The third-order valence-corrected chi connectivity index (χ3v) is 5.81. The summed E-state index contributed by atoms with van der Waals surface area (Å²) in [6.45, 7) is 2.04. The summed E-state index contributed by atoms with van der Waals surface area (Å²) in [4.78, 5) is 53.2. The summed E-state index contributed by atoms with van der Waals surface area (Å²) in [6, 6.07) is 11.4. The quantitative estimate of drug-likeness (QED) is 0.405. The number of hydrogen-bond donors (Lipinski definition) is 1. The number of aryl methyl sites for hydroxylation is 1. The molecule has 0 spiro atoms. The summed E-state index contributed by atoms with van der Waals surface area (Å²) in [5, 5.41) is 2.22. The molecule has 3 aromatic heterocycles. The normalized spacial score (nSPS) is 11.5. The molecule has 0 fully saturated rings. The second-order valence-electron chi connectivity index (χ2n) is 7.45. The Kier molecular flexibility index (Phi) is 6.93. The lowest BCUT2D eigenvalue weighted by molar-refractivity contribution is -0.140. The van der Waals surface area contributed by atoms with Crippen molar-refractivity contribution < 1.29 is 9.53 Å². The number of H-pyrrole nitrogens is 1. The number of pyridine rings is 1. The number of aromatic amines is 1. The highest BCUT2D eigenvalue weighted by atomic mass is 32.1. The number of aromatic nitrogens is 5. The number of nitrogens with zero attached hydrogens (tertiary/aromatic N) is 5. The van der Waals surface area contributed by atoms with Crippen LogP contribution in [0.5, 0.6) is 0 Å². The van der Waals surface area contributed by atoms with Crippen molar-refractivity contribution >= 4 is 22.4 Å². The van der Waals surface area contributed by atoms with Crippen LogP contribution in [-0.2, 0) is 22.6 Å². The molecule has 174 valence electrons. The van der Waals surface area contributed by atoms with E-state index in [0.29, 0.717) is 10.8 Å². The van der Waals surface area contributed by atoms with E-state index < -0.39 is 17.3 Å². The van der Waals surface area contributed by atoms with E-state index in [9.17, 15) is 14.4 Å². The van der Waals surface area contributed by atoms with Crippen LogP contribution in [0.25, 0.3) is 11.3 Å². The smallest absolute Gasteiger partial charge is 0.335 e. The van der Waals surface area contributed by atoms with Crippen LogP contribution in [0.15, 0.2) is 68.8 Å². The minimum absolute atomic E-state index is 0.0699. The fraction of sp³-hybridized carbons (Fsp3) is 0.217. The molecule has 0 saturated carbocycles. The maximum atomic E-state index is 13.3. The Morgan fingerprint density at radius 3 is 2.56 bits per heavy atom. The molecule has 0 bridgehead atoms. The molecule has 0 amide bonds. The number of hydrogen-bond acceptors (Lipinski definition) is 8. The lowest BCUT2D eigenvalue weighted by Gasteiger charge is -2.11. The van der Waals surface area contributed by atoms with Crippen molar-refractivity contribution in [1.82, 2.24) is 24.1 Å². The zero-order valence-electron chi connectivity index (χ0n) is 18.6. The maximum absolute atomic E-state index is 13.3. The van der Waals surface area contributed by atoms with Gasteiger partial charge in [-0.2, -0.15) is 4.99 Å². The molecular weight excluding hydrogens is 456 g/mol. The van der Waals surface area contributed by atoms with Crippen molar-refractivity contribution in [3.63, 3.8) is 0 Å². The van der Waals surface area contributed by atoms with E-state index in [-0.39, 0.29) is 25.1 Å². The SMILES string of the molecule is COC(=O)CCn1c(=O)[nH]/c(=N\c2nc(-c3ccncc3)cs2)n(Cc2ccc(C)cc2)c1=O. The summed E-state index contributed by atoms with van der Waals surface area (Å²) < 4.78 is 6.95. The molecule has 0 unspecified atom stereocenters. The Bertz CT molecular complexity index is 1480. The molecule has 10 nitrogen and oxygen atoms in total. The zero-order chi connectivity index (χ0) is 24.1. The highest BCUT2D eigenvalue weighted by Crippen LogP contribution is 2.25. The van der Waals surface area contributed by atoms with Gasteiger partial charge < -0.3 is 4.74 Å². The number of carbonyl (C=O) groups excluding carboxylic acids is 1. The highest BCUT2D eigenvalue weighted by molar-refractivity contribution is 7.13. The molecule has 0 aliphatic heterocycles. The van der Waals surface area contributed by atoms with Gasteiger partial charge in [-0.25, -0.2) is 19.1 Å². The van der Waals surface area contributed by atoms with E-state index >= 15 is 0 Å².